The van der Waals surface area contributed by atoms with Gasteiger partial charge in [0.1, 0.15) is 0 Å². The zero-order chi connectivity index (χ0) is 16.2. The number of aryl methyl sites for hydroxylation is 1. The molecule has 0 atom stereocenters. The quantitative estimate of drug-likeness (QED) is 0.760. The number of benzene rings is 2. The summed E-state index contributed by atoms with van der Waals surface area (Å²) < 4.78 is 11.4. The van der Waals surface area contributed by atoms with Gasteiger partial charge in [-0.2, -0.15) is 0 Å². The highest BCUT2D eigenvalue weighted by Gasteiger charge is 2.20. The molecule has 0 heterocycles. The third kappa shape index (κ3) is 3.55. The summed E-state index contributed by atoms with van der Waals surface area (Å²) in [5, 5.41) is 0. The first kappa shape index (κ1) is 15.6. The molecule has 1 saturated carbocycles. The maximum Gasteiger partial charge on any atom is 0.193 e. The monoisotopic (exact) mass is 310 g/mol. The molecule has 0 unspecified atom stereocenters. The number of ketones is 1. The molecule has 23 heavy (non-hydrogen) atoms. The molecule has 0 spiro atoms. The Hall–Kier alpha value is -2.29. The molecular formula is C20H22O3. The summed E-state index contributed by atoms with van der Waals surface area (Å²) >= 11 is 0. The van der Waals surface area contributed by atoms with Gasteiger partial charge in [0, 0.05) is 11.1 Å². The van der Waals surface area contributed by atoms with E-state index in [9.17, 15) is 4.79 Å². The maximum absolute atomic E-state index is 12.7. The normalized spacial score (nSPS) is 14.7. The van der Waals surface area contributed by atoms with E-state index in [4.69, 9.17) is 9.47 Å². The molecule has 1 fully saturated rings. The predicted molar refractivity (Wildman–Crippen MR) is 90.5 cm³/mol. The Morgan fingerprint density at radius 2 is 1.61 bits per heavy atom. The van der Waals surface area contributed by atoms with Crippen LogP contribution < -0.4 is 9.47 Å². The fourth-order valence-electron chi connectivity index (χ4n) is 2.97. The van der Waals surface area contributed by atoms with Crippen LogP contribution >= 0.6 is 0 Å². The smallest absolute Gasteiger partial charge is 0.193 e. The Morgan fingerprint density at radius 3 is 2.26 bits per heavy atom. The van der Waals surface area contributed by atoms with Gasteiger partial charge < -0.3 is 9.47 Å². The van der Waals surface area contributed by atoms with Crippen LogP contribution in [0.15, 0.2) is 42.5 Å². The van der Waals surface area contributed by atoms with Crippen LogP contribution in [-0.4, -0.2) is 19.0 Å². The van der Waals surface area contributed by atoms with Crippen molar-refractivity contribution in [2.45, 2.75) is 38.7 Å². The second-order valence-electron chi connectivity index (χ2n) is 6.09. The number of hydrogen-bond donors (Lipinski definition) is 0. The maximum atomic E-state index is 12.7. The van der Waals surface area contributed by atoms with Crippen LogP contribution in [-0.2, 0) is 0 Å². The molecule has 0 N–H and O–H groups in total. The lowest BCUT2D eigenvalue weighted by Gasteiger charge is -2.16. The van der Waals surface area contributed by atoms with E-state index < -0.39 is 0 Å². The van der Waals surface area contributed by atoms with Crippen molar-refractivity contribution < 1.29 is 14.3 Å². The van der Waals surface area contributed by atoms with Gasteiger partial charge in [-0.3, -0.25) is 4.79 Å². The molecule has 0 aromatic heterocycles. The van der Waals surface area contributed by atoms with Crippen LogP contribution in [0.4, 0.5) is 0 Å². The highest BCUT2D eigenvalue weighted by molar-refractivity contribution is 6.09. The Labute approximate surface area is 137 Å². The van der Waals surface area contributed by atoms with Crippen LogP contribution in [0.5, 0.6) is 11.5 Å². The molecule has 0 saturated heterocycles. The topological polar surface area (TPSA) is 35.5 Å². The number of ether oxygens (including phenoxy) is 2. The van der Waals surface area contributed by atoms with Crippen molar-refractivity contribution in [3.63, 3.8) is 0 Å². The first-order chi connectivity index (χ1) is 11.2. The van der Waals surface area contributed by atoms with E-state index in [0.29, 0.717) is 22.6 Å². The largest absolute Gasteiger partial charge is 0.493 e. The van der Waals surface area contributed by atoms with E-state index in [1.54, 1.807) is 19.2 Å². The average Bonchev–Trinajstić information content (AvgIpc) is 3.08. The van der Waals surface area contributed by atoms with E-state index in [-0.39, 0.29) is 11.9 Å². The zero-order valence-corrected chi connectivity index (χ0v) is 13.7. The van der Waals surface area contributed by atoms with Crippen molar-refractivity contribution in [3.05, 3.63) is 59.2 Å². The molecule has 120 valence electrons. The minimum absolute atomic E-state index is 0.00363. The fourth-order valence-corrected chi connectivity index (χ4v) is 2.97. The van der Waals surface area contributed by atoms with Gasteiger partial charge in [0.05, 0.1) is 13.2 Å². The predicted octanol–water partition coefficient (Wildman–Crippen LogP) is 4.56. The van der Waals surface area contributed by atoms with E-state index >= 15 is 0 Å². The molecule has 3 heteroatoms. The van der Waals surface area contributed by atoms with Crippen LogP contribution in [0.1, 0.15) is 47.2 Å². The van der Waals surface area contributed by atoms with Gasteiger partial charge in [-0.25, -0.2) is 0 Å². The van der Waals surface area contributed by atoms with Gasteiger partial charge >= 0.3 is 0 Å². The molecule has 0 aliphatic heterocycles. The summed E-state index contributed by atoms with van der Waals surface area (Å²) in [4.78, 5) is 12.7. The van der Waals surface area contributed by atoms with E-state index in [0.717, 1.165) is 18.4 Å². The summed E-state index contributed by atoms with van der Waals surface area (Å²) in [7, 11) is 1.62. The summed E-state index contributed by atoms with van der Waals surface area (Å²) in [6, 6.07) is 13.0. The molecule has 0 amide bonds. The average molecular weight is 310 g/mol. The first-order valence-electron chi connectivity index (χ1n) is 8.13. The zero-order valence-electron chi connectivity index (χ0n) is 13.7. The first-order valence-corrected chi connectivity index (χ1v) is 8.13. The lowest BCUT2D eigenvalue weighted by atomic mass is 10.0. The lowest BCUT2D eigenvalue weighted by Crippen LogP contribution is -2.12. The molecular weight excluding hydrogens is 288 g/mol. The molecule has 2 aromatic rings. The van der Waals surface area contributed by atoms with Crippen molar-refractivity contribution in [1.82, 2.24) is 0 Å². The highest BCUT2D eigenvalue weighted by atomic mass is 16.5. The summed E-state index contributed by atoms with van der Waals surface area (Å²) in [5.74, 6) is 1.35. The Kier molecular flexibility index (Phi) is 4.65. The second kappa shape index (κ2) is 6.86. The van der Waals surface area contributed by atoms with Crippen molar-refractivity contribution in [2.24, 2.45) is 0 Å². The Morgan fingerprint density at radius 1 is 0.957 bits per heavy atom. The van der Waals surface area contributed by atoms with E-state index in [1.165, 1.54) is 12.8 Å². The molecule has 2 aromatic carbocycles. The van der Waals surface area contributed by atoms with Gasteiger partial charge in [-0.1, -0.05) is 29.8 Å². The van der Waals surface area contributed by atoms with Gasteiger partial charge in [0.25, 0.3) is 0 Å². The fraction of sp³-hybridized carbons (Fsp3) is 0.350. The van der Waals surface area contributed by atoms with Crippen molar-refractivity contribution >= 4 is 5.78 Å². The van der Waals surface area contributed by atoms with Gasteiger partial charge in [-0.05, 0) is 50.8 Å². The minimum Gasteiger partial charge on any atom is -0.493 e. The van der Waals surface area contributed by atoms with Crippen molar-refractivity contribution in [2.75, 3.05) is 7.11 Å². The van der Waals surface area contributed by atoms with Crippen LogP contribution in [0.3, 0.4) is 0 Å². The van der Waals surface area contributed by atoms with Gasteiger partial charge in [0.15, 0.2) is 17.3 Å². The van der Waals surface area contributed by atoms with Crippen LogP contribution in [0.25, 0.3) is 0 Å². The summed E-state index contributed by atoms with van der Waals surface area (Å²) in [5.41, 5.74) is 2.46. The van der Waals surface area contributed by atoms with Crippen LogP contribution in [0, 0.1) is 6.92 Å². The third-order valence-corrected chi connectivity index (χ3v) is 4.34. The highest BCUT2D eigenvalue weighted by Crippen LogP contribution is 2.33. The van der Waals surface area contributed by atoms with E-state index in [2.05, 4.69) is 0 Å². The standard InChI is InChI=1S/C20H22O3/c1-14-7-9-15(10-8-14)20(21)16-11-12-18(22-2)19(13-16)23-17-5-3-4-6-17/h7-13,17H,3-6H2,1-2H3. The number of carbonyl (C=O) groups excluding carboxylic acids is 1. The molecule has 1 aliphatic carbocycles. The molecule has 3 rings (SSSR count). The summed E-state index contributed by atoms with van der Waals surface area (Å²) in [6.07, 6.45) is 4.77. The lowest BCUT2D eigenvalue weighted by molar-refractivity contribution is 0.103. The third-order valence-electron chi connectivity index (χ3n) is 4.34. The minimum atomic E-state index is 0.00363. The number of methoxy groups -OCH3 is 1. The molecule has 1 aliphatic rings. The molecule has 0 bridgehead atoms. The second-order valence-corrected chi connectivity index (χ2v) is 6.09. The SMILES string of the molecule is COc1ccc(C(=O)c2ccc(C)cc2)cc1OC1CCCC1. The van der Waals surface area contributed by atoms with Gasteiger partial charge in [0.2, 0.25) is 0 Å². The number of carbonyl (C=O) groups is 1. The molecule has 0 radical (unpaired) electrons. The summed E-state index contributed by atoms with van der Waals surface area (Å²) in [6.45, 7) is 2.01. The van der Waals surface area contributed by atoms with Crippen molar-refractivity contribution in [1.29, 1.82) is 0 Å². The Bertz CT molecular complexity index is 683. The van der Waals surface area contributed by atoms with E-state index in [1.807, 2.05) is 37.3 Å². The Balaban J connectivity index is 1.87. The molecule has 3 nitrogen and oxygen atoms in total. The number of rotatable bonds is 5. The van der Waals surface area contributed by atoms with Gasteiger partial charge in [-0.15, -0.1) is 0 Å². The van der Waals surface area contributed by atoms with Crippen molar-refractivity contribution in [3.8, 4) is 11.5 Å². The van der Waals surface area contributed by atoms with Crippen LogP contribution in [0.2, 0.25) is 0 Å². The number of hydrogen-bond acceptors (Lipinski definition) is 3.